The van der Waals surface area contributed by atoms with Crippen LogP contribution in [-0.2, 0) is 64.0 Å². The SMILES string of the molecule is CCCCCCCCCCCC1CC(=O)NC(CC(N)=O)C(=O)NC(Cc2ccc(O)cc2)C(=O)NC(CC(N)=O)C(=O)NC(CCC(N)=O)C(=O)N2CCCC2C(=O)NC(CC(N)=O)C(=O)NC(CO)C(=O)N1. The number of nitrogens with zero attached hydrogens (tertiary/aromatic N) is 1. The number of aromatic hydroxyl groups is 1. The number of rotatable bonds is 22. The van der Waals surface area contributed by atoms with Crippen molar-refractivity contribution in [1.29, 1.82) is 0 Å². The van der Waals surface area contributed by atoms with Crippen LogP contribution in [0.3, 0.4) is 0 Å². The minimum Gasteiger partial charge on any atom is -0.508 e. The average molecular weight is 1040 g/mol. The van der Waals surface area contributed by atoms with Gasteiger partial charge in [-0.1, -0.05) is 76.8 Å². The molecule has 8 atom stereocenters. The monoisotopic (exact) mass is 1040 g/mol. The molecule has 2 aliphatic heterocycles. The van der Waals surface area contributed by atoms with Crippen LogP contribution in [0.15, 0.2) is 24.3 Å². The molecule has 1 aromatic rings. The maximum Gasteiger partial charge on any atom is 0.245 e. The van der Waals surface area contributed by atoms with E-state index >= 15 is 0 Å². The van der Waals surface area contributed by atoms with Crippen LogP contribution in [0.4, 0.5) is 0 Å². The van der Waals surface area contributed by atoms with Gasteiger partial charge in [-0.05, 0) is 43.4 Å². The molecule has 26 heteroatoms. The Morgan fingerprint density at radius 1 is 0.554 bits per heavy atom. The number of benzene rings is 1. The van der Waals surface area contributed by atoms with Crippen molar-refractivity contribution in [3.05, 3.63) is 29.8 Å². The van der Waals surface area contributed by atoms with E-state index in [1.165, 1.54) is 24.3 Å². The molecule has 17 N–H and O–H groups in total. The van der Waals surface area contributed by atoms with Gasteiger partial charge in [-0.2, -0.15) is 0 Å². The van der Waals surface area contributed by atoms with Crippen LogP contribution in [0.5, 0.6) is 5.75 Å². The van der Waals surface area contributed by atoms with Gasteiger partial charge in [0, 0.05) is 31.8 Å². The summed E-state index contributed by atoms with van der Waals surface area (Å²) in [5, 5.41) is 37.2. The normalized spacial score (nSPS) is 24.1. The fourth-order valence-corrected chi connectivity index (χ4v) is 8.61. The largest absolute Gasteiger partial charge is 0.508 e. The second-order valence-electron chi connectivity index (χ2n) is 18.7. The summed E-state index contributed by atoms with van der Waals surface area (Å²) in [7, 11) is 0. The number of hydrogen-bond acceptors (Lipinski definition) is 14. The van der Waals surface area contributed by atoms with E-state index < -0.39 is 164 Å². The van der Waals surface area contributed by atoms with E-state index in [9.17, 15) is 67.7 Å². The van der Waals surface area contributed by atoms with Crippen molar-refractivity contribution < 1.29 is 67.7 Å². The third-order valence-corrected chi connectivity index (χ3v) is 12.5. The van der Waals surface area contributed by atoms with Crippen molar-refractivity contribution in [3.8, 4) is 5.75 Å². The molecular formula is C48H74N12O14. The summed E-state index contributed by atoms with van der Waals surface area (Å²) >= 11 is 0. The van der Waals surface area contributed by atoms with E-state index in [1.807, 2.05) is 0 Å². The first kappa shape index (κ1) is 60.9. The Morgan fingerprint density at radius 2 is 1.01 bits per heavy atom. The van der Waals surface area contributed by atoms with Gasteiger partial charge in [0.2, 0.25) is 70.9 Å². The molecule has 2 saturated heterocycles. The number of aliphatic hydroxyl groups excluding tert-OH is 1. The molecule has 12 amide bonds. The second kappa shape index (κ2) is 31.3. The number of amides is 12. The van der Waals surface area contributed by atoms with Gasteiger partial charge in [-0.3, -0.25) is 57.5 Å². The first-order valence-electron chi connectivity index (χ1n) is 25.1. The van der Waals surface area contributed by atoms with Crippen molar-refractivity contribution in [2.24, 2.45) is 22.9 Å². The standard InChI is InChI=1S/C48H74N12O14/c1-2-3-4-5-6-7-8-9-10-12-28-22-41(67)54-32(23-38(50)64)43(69)56-31(21-27-14-16-29(62)17-15-27)42(68)57-33(24-39(51)65)44(70)55-30(18-19-37(49)63)48(74)60-20-11-13-36(60)47(73)58-34(25-40(52)66)45(71)59-35(26-61)46(72)53-28/h14-17,28,30-36,61-62H,2-13,18-26H2,1H3,(H2,49,63)(H2,50,64)(H2,51,65)(H2,52,66)(H,53,72)(H,54,67)(H,55,70)(H,56,69)(H,57,68)(H,58,73)(H,59,71). The van der Waals surface area contributed by atoms with Gasteiger partial charge in [0.15, 0.2) is 0 Å². The zero-order chi connectivity index (χ0) is 54.9. The summed E-state index contributed by atoms with van der Waals surface area (Å²) in [6.45, 7) is 1.03. The summed E-state index contributed by atoms with van der Waals surface area (Å²) in [5.41, 5.74) is 22.2. The number of primary amides is 4. The first-order chi connectivity index (χ1) is 35.1. The van der Waals surface area contributed by atoms with E-state index in [1.54, 1.807) is 0 Å². The van der Waals surface area contributed by atoms with Gasteiger partial charge in [-0.25, -0.2) is 0 Å². The van der Waals surface area contributed by atoms with Crippen molar-refractivity contribution in [3.63, 3.8) is 0 Å². The highest BCUT2D eigenvalue weighted by atomic mass is 16.3. The van der Waals surface area contributed by atoms with Gasteiger partial charge in [0.1, 0.15) is 48.0 Å². The Balaban J connectivity index is 2.13. The minimum atomic E-state index is -1.86. The smallest absolute Gasteiger partial charge is 0.245 e. The summed E-state index contributed by atoms with van der Waals surface area (Å²) in [6.07, 6.45) is 4.57. The van der Waals surface area contributed by atoms with E-state index in [0.29, 0.717) is 18.4 Å². The fourth-order valence-electron chi connectivity index (χ4n) is 8.61. The number of carbonyl (C=O) groups excluding carboxylic acids is 12. The summed E-state index contributed by atoms with van der Waals surface area (Å²) in [5.74, 6) is -12.6. The van der Waals surface area contributed by atoms with Gasteiger partial charge in [-0.15, -0.1) is 0 Å². The molecule has 0 radical (unpaired) electrons. The van der Waals surface area contributed by atoms with Gasteiger partial charge >= 0.3 is 0 Å². The quantitative estimate of drug-likeness (QED) is 0.0502. The Labute approximate surface area is 428 Å². The van der Waals surface area contributed by atoms with Crippen LogP contribution in [0.25, 0.3) is 0 Å². The minimum absolute atomic E-state index is 0.00333. The summed E-state index contributed by atoms with van der Waals surface area (Å²) < 4.78 is 0. The number of fused-ring (bicyclic) bond motifs is 1. The molecule has 2 aliphatic rings. The lowest BCUT2D eigenvalue weighted by atomic mass is 10.0. The number of unbranched alkanes of at least 4 members (excludes halogenated alkanes) is 8. The molecular weight excluding hydrogens is 969 g/mol. The lowest BCUT2D eigenvalue weighted by Gasteiger charge is -2.31. The number of aliphatic hydroxyl groups is 1. The fraction of sp³-hybridized carbons (Fsp3) is 0.625. The molecule has 0 aromatic heterocycles. The molecule has 0 aliphatic carbocycles. The van der Waals surface area contributed by atoms with Crippen LogP contribution in [0.1, 0.15) is 128 Å². The number of hydrogen-bond donors (Lipinski definition) is 13. The molecule has 74 heavy (non-hydrogen) atoms. The van der Waals surface area contributed by atoms with Gasteiger partial charge in [0.25, 0.3) is 0 Å². The lowest BCUT2D eigenvalue weighted by Crippen LogP contribution is -2.60. The molecule has 2 heterocycles. The number of phenolic OH excluding ortho intramolecular Hbond substituents is 1. The average Bonchev–Trinajstić information content (AvgIpc) is 3.83. The molecule has 410 valence electrons. The Kier molecular flexibility index (Phi) is 25.7. The number of carbonyl (C=O) groups is 12. The Morgan fingerprint density at radius 3 is 1.54 bits per heavy atom. The summed E-state index contributed by atoms with van der Waals surface area (Å²) in [6, 6.07) is -7.35. The van der Waals surface area contributed by atoms with E-state index in [2.05, 4.69) is 44.1 Å². The maximum atomic E-state index is 14.3. The zero-order valence-corrected chi connectivity index (χ0v) is 41.8. The van der Waals surface area contributed by atoms with Crippen LogP contribution >= 0.6 is 0 Å². The van der Waals surface area contributed by atoms with Crippen LogP contribution in [0, 0.1) is 0 Å². The third-order valence-electron chi connectivity index (χ3n) is 12.5. The molecule has 2 fully saturated rings. The summed E-state index contributed by atoms with van der Waals surface area (Å²) in [4.78, 5) is 162. The topological polar surface area (TPSA) is 437 Å². The Bertz CT molecular complexity index is 2160. The Hall–Kier alpha value is -7.38. The highest BCUT2D eigenvalue weighted by molar-refractivity contribution is 6.00. The van der Waals surface area contributed by atoms with Crippen molar-refractivity contribution >= 4 is 70.9 Å². The third kappa shape index (κ3) is 21.4. The lowest BCUT2D eigenvalue weighted by molar-refractivity contribution is -0.143. The molecule has 0 spiro atoms. The predicted octanol–water partition coefficient (Wildman–Crippen LogP) is -3.47. The molecule has 8 unspecified atom stereocenters. The highest BCUT2D eigenvalue weighted by Crippen LogP contribution is 2.21. The van der Waals surface area contributed by atoms with E-state index in [0.717, 1.165) is 49.8 Å². The number of nitrogens with two attached hydrogens (primary N) is 4. The highest BCUT2D eigenvalue weighted by Gasteiger charge is 2.41. The van der Waals surface area contributed by atoms with Crippen molar-refractivity contribution in [1.82, 2.24) is 42.1 Å². The molecule has 0 saturated carbocycles. The van der Waals surface area contributed by atoms with Crippen LogP contribution in [0.2, 0.25) is 0 Å². The maximum absolute atomic E-state index is 14.3. The molecule has 3 rings (SSSR count). The second-order valence-corrected chi connectivity index (χ2v) is 18.7. The predicted molar refractivity (Wildman–Crippen MR) is 263 cm³/mol. The van der Waals surface area contributed by atoms with Gasteiger partial charge < -0.3 is 75.3 Å². The molecule has 1 aromatic carbocycles. The van der Waals surface area contributed by atoms with Crippen LogP contribution < -0.4 is 60.2 Å². The molecule has 26 nitrogen and oxygen atoms in total. The number of phenols is 1. The van der Waals surface area contributed by atoms with Gasteiger partial charge in [0.05, 0.1) is 25.9 Å². The van der Waals surface area contributed by atoms with Crippen LogP contribution in [-0.4, -0.2) is 147 Å². The zero-order valence-electron chi connectivity index (χ0n) is 41.8. The number of nitrogens with one attached hydrogen (secondary N) is 7. The molecule has 0 bridgehead atoms. The first-order valence-corrected chi connectivity index (χ1v) is 25.1. The van der Waals surface area contributed by atoms with Crippen molar-refractivity contribution in [2.75, 3.05) is 13.2 Å². The van der Waals surface area contributed by atoms with E-state index in [-0.39, 0.29) is 38.0 Å². The van der Waals surface area contributed by atoms with E-state index in [4.69, 9.17) is 22.9 Å². The van der Waals surface area contributed by atoms with Crippen molar-refractivity contribution in [2.45, 2.75) is 177 Å².